The monoisotopic (exact) mass is 448 g/mol. The Hall–Kier alpha value is -1.34. The fourth-order valence-electron chi connectivity index (χ4n) is 4.97. The van der Waals surface area contributed by atoms with Crippen LogP contribution in [0, 0.1) is 5.92 Å². The number of likely N-dealkylation sites (tertiary alicyclic amines) is 1. The summed E-state index contributed by atoms with van der Waals surface area (Å²) in [5.74, 6) is 1.44. The number of nitrogens with zero attached hydrogens (tertiary/aromatic N) is 4. The standard InChI is InChI=1S/C24H41ClN6/c1-26-24(27-11-6-14-31-15-7-12-29(2)16-17-31)28-19-21-9-5-13-30(3)23(21)20-8-4-10-22(25)18-20/h4,8,10,18,21,23H,5-7,9,11-17,19H2,1-3H3,(H2,26,27,28). The van der Waals surface area contributed by atoms with E-state index < -0.39 is 0 Å². The zero-order valence-electron chi connectivity index (χ0n) is 19.6. The Morgan fingerprint density at radius 2 is 1.97 bits per heavy atom. The van der Waals surface area contributed by atoms with Gasteiger partial charge >= 0.3 is 0 Å². The number of guanidine groups is 1. The van der Waals surface area contributed by atoms with Gasteiger partial charge in [0.2, 0.25) is 0 Å². The molecule has 2 unspecified atom stereocenters. The summed E-state index contributed by atoms with van der Waals surface area (Å²) in [4.78, 5) is 11.9. The van der Waals surface area contributed by atoms with Gasteiger partial charge in [0.25, 0.3) is 0 Å². The van der Waals surface area contributed by atoms with Crippen molar-refractivity contribution in [1.29, 1.82) is 0 Å². The van der Waals surface area contributed by atoms with Gasteiger partial charge in [0, 0.05) is 44.3 Å². The van der Waals surface area contributed by atoms with E-state index in [9.17, 15) is 0 Å². The zero-order valence-corrected chi connectivity index (χ0v) is 20.4. The van der Waals surface area contributed by atoms with Crippen LogP contribution < -0.4 is 10.6 Å². The van der Waals surface area contributed by atoms with Gasteiger partial charge in [-0.3, -0.25) is 9.89 Å². The minimum absolute atomic E-state index is 0.388. The van der Waals surface area contributed by atoms with Crippen LogP contribution in [0.25, 0.3) is 0 Å². The second-order valence-corrected chi connectivity index (χ2v) is 9.55. The lowest BCUT2D eigenvalue weighted by Crippen LogP contribution is -2.45. The normalized spacial score (nSPS) is 24.7. The maximum Gasteiger partial charge on any atom is 0.190 e. The highest BCUT2D eigenvalue weighted by atomic mass is 35.5. The average molecular weight is 449 g/mol. The van der Waals surface area contributed by atoms with Crippen molar-refractivity contribution < 1.29 is 0 Å². The maximum atomic E-state index is 6.28. The third-order valence-corrected chi connectivity index (χ3v) is 6.94. The van der Waals surface area contributed by atoms with Crippen molar-refractivity contribution >= 4 is 17.6 Å². The van der Waals surface area contributed by atoms with Gasteiger partial charge in [-0.2, -0.15) is 0 Å². The third-order valence-electron chi connectivity index (χ3n) is 6.71. The summed E-state index contributed by atoms with van der Waals surface area (Å²) in [6, 6.07) is 8.73. The highest BCUT2D eigenvalue weighted by Gasteiger charge is 2.30. The summed E-state index contributed by atoms with van der Waals surface area (Å²) >= 11 is 6.28. The van der Waals surface area contributed by atoms with E-state index in [-0.39, 0.29) is 0 Å². The molecule has 2 heterocycles. The minimum Gasteiger partial charge on any atom is -0.356 e. The van der Waals surface area contributed by atoms with Gasteiger partial charge in [-0.1, -0.05) is 23.7 Å². The third kappa shape index (κ3) is 7.63. The first kappa shape index (κ1) is 24.3. The second kappa shape index (κ2) is 12.6. The molecule has 7 heteroatoms. The predicted molar refractivity (Wildman–Crippen MR) is 132 cm³/mol. The van der Waals surface area contributed by atoms with Gasteiger partial charge in [0.1, 0.15) is 0 Å². The molecule has 2 fully saturated rings. The number of rotatable bonds is 7. The van der Waals surface area contributed by atoms with Gasteiger partial charge in [0.15, 0.2) is 5.96 Å². The first-order valence-corrected chi connectivity index (χ1v) is 12.3. The van der Waals surface area contributed by atoms with Gasteiger partial charge in [-0.15, -0.1) is 0 Å². The fraction of sp³-hybridized carbons (Fsp3) is 0.708. The molecule has 0 saturated carbocycles. The first-order valence-electron chi connectivity index (χ1n) is 11.9. The molecule has 0 amide bonds. The summed E-state index contributed by atoms with van der Waals surface area (Å²) in [6.07, 6.45) is 4.87. The Morgan fingerprint density at radius 3 is 2.77 bits per heavy atom. The second-order valence-electron chi connectivity index (χ2n) is 9.11. The smallest absolute Gasteiger partial charge is 0.190 e. The lowest BCUT2D eigenvalue weighted by atomic mass is 9.85. The van der Waals surface area contributed by atoms with E-state index >= 15 is 0 Å². The van der Waals surface area contributed by atoms with E-state index in [4.69, 9.17) is 11.6 Å². The first-order chi connectivity index (χ1) is 15.1. The number of hydrogen-bond acceptors (Lipinski definition) is 4. The Morgan fingerprint density at radius 1 is 1.10 bits per heavy atom. The summed E-state index contributed by atoms with van der Waals surface area (Å²) in [5.41, 5.74) is 1.31. The van der Waals surface area contributed by atoms with Crippen LogP contribution in [0.1, 0.15) is 37.3 Å². The molecule has 0 aromatic heterocycles. The van der Waals surface area contributed by atoms with Gasteiger partial charge < -0.3 is 20.4 Å². The highest BCUT2D eigenvalue weighted by Crippen LogP contribution is 2.35. The molecule has 0 spiro atoms. The average Bonchev–Trinajstić information content (AvgIpc) is 2.97. The highest BCUT2D eigenvalue weighted by molar-refractivity contribution is 6.30. The van der Waals surface area contributed by atoms with Crippen molar-refractivity contribution in [3.63, 3.8) is 0 Å². The molecule has 0 aliphatic carbocycles. The molecular formula is C24H41ClN6. The SMILES string of the molecule is CN=C(NCCCN1CCCN(C)CC1)NCC1CCCN(C)C1c1cccc(Cl)c1. The zero-order chi connectivity index (χ0) is 22.1. The molecule has 2 aliphatic heterocycles. The van der Waals surface area contributed by atoms with Crippen LogP contribution in [-0.2, 0) is 0 Å². The van der Waals surface area contributed by atoms with Crippen molar-refractivity contribution in [1.82, 2.24) is 25.3 Å². The molecule has 0 bridgehead atoms. The van der Waals surface area contributed by atoms with E-state index in [0.717, 1.165) is 43.6 Å². The Balaban J connectivity index is 1.44. The molecule has 2 atom stereocenters. The maximum absolute atomic E-state index is 6.28. The molecule has 31 heavy (non-hydrogen) atoms. The molecular weight excluding hydrogens is 408 g/mol. The lowest BCUT2D eigenvalue weighted by molar-refractivity contribution is 0.122. The van der Waals surface area contributed by atoms with Crippen LogP contribution in [0.5, 0.6) is 0 Å². The van der Waals surface area contributed by atoms with E-state index in [2.05, 4.69) is 62.6 Å². The fourth-order valence-corrected chi connectivity index (χ4v) is 5.17. The van der Waals surface area contributed by atoms with Crippen LogP contribution >= 0.6 is 11.6 Å². The molecule has 6 nitrogen and oxygen atoms in total. The Bertz CT molecular complexity index is 696. The van der Waals surface area contributed by atoms with Crippen molar-refractivity contribution in [3.05, 3.63) is 34.9 Å². The molecule has 3 rings (SSSR count). The van der Waals surface area contributed by atoms with E-state index in [1.165, 1.54) is 51.0 Å². The Labute approximate surface area is 194 Å². The number of halogens is 1. The lowest BCUT2D eigenvalue weighted by Gasteiger charge is -2.40. The van der Waals surface area contributed by atoms with Crippen LogP contribution in [0.2, 0.25) is 5.02 Å². The summed E-state index contributed by atoms with van der Waals surface area (Å²) in [7, 11) is 6.31. The number of nitrogens with one attached hydrogen (secondary N) is 2. The number of hydrogen-bond donors (Lipinski definition) is 2. The van der Waals surface area contributed by atoms with E-state index in [1.807, 2.05) is 13.1 Å². The molecule has 2 N–H and O–H groups in total. The van der Waals surface area contributed by atoms with Crippen LogP contribution in [0.3, 0.4) is 0 Å². The summed E-state index contributed by atoms with van der Waals surface area (Å²) < 4.78 is 0. The number of aliphatic imine (C=N–C) groups is 1. The topological polar surface area (TPSA) is 46.1 Å². The quantitative estimate of drug-likeness (QED) is 0.381. The molecule has 0 radical (unpaired) electrons. The molecule has 2 aliphatic rings. The van der Waals surface area contributed by atoms with Gasteiger partial charge in [-0.05, 0) is 89.6 Å². The number of likely N-dealkylation sites (N-methyl/N-ethyl adjacent to an activating group) is 1. The van der Waals surface area contributed by atoms with Crippen LogP contribution in [0.4, 0.5) is 0 Å². The molecule has 2 saturated heterocycles. The van der Waals surface area contributed by atoms with Gasteiger partial charge in [0.05, 0.1) is 0 Å². The number of piperidine rings is 1. The van der Waals surface area contributed by atoms with Crippen LogP contribution in [-0.4, -0.2) is 94.2 Å². The van der Waals surface area contributed by atoms with Crippen molar-refractivity contribution in [2.24, 2.45) is 10.9 Å². The van der Waals surface area contributed by atoms with Gasteiger partial charge in [-0.25, -0.2) is 0 Å². The van der Waals surface area contributed by atoms with E-state index in [0.29, 0.717) is 12.0 Å². The Kier molecular flexibility index (Phi) is 9.91. The predicted octanol–water partition coefficient (Wildman–Crippen LogP) is 2.92. The summed E-state index contributed by atoms with van der Waals surface area (Å²) in [5, 5.41) is 7.92. The molecule has 1 aromatic rings. The van der Waals surface area contributed by atoms with Crippen molar-refractivity contribution in [2.75, 3.05) is 73.5 Å². The minimum atomic E-state index is 0.388. The van der Waals surface area contributed by atoms with Crippen molar-refractivity contribution in [2.45, 2.75) is 31.7 Å². The largest absolute Gasteiger partial charge is 0.356 e. The molecule has 1 aromatic carbocycles. The van der Waals surface area contributed by atoms with E-state index in [1.54, 1.807) is 0 Å². The summed E-state index contributed by atoms with van der Waals surface area (Å²) in [6.45, 7) is 8.96. The number of benzene rings is 1. The molecule has 174 valence electrons. The van der Waals surface area contributed by atoms with Crippen molar-refractivity contribution in [3.8, 4) is 0 Å². The van der Waals surface area contributed by atoms with Crippen LogP contribution in [0.15, 0.2) is 29.3 Å².